The summed E-state index contributed by atoms with van der Waals surface area (Å²) < 4.78 is 7.12. The molecule has 2 amide bonds. The predicted molar refractivity (Wildman–Crippen MR) is 101 cm³/mol. The summed E-state index contributed by atoms with van der Waals surface area (Å²) in [6.07, 6.45) is 6.44. The minimum atomic E-state index is -0.139. The van der Waals surface area contributed by atoms with Gasteiger partial charge in [0.25, 0.3) is 0 Å². The molecule has 4 heterocycles. The molecule has 27 heavy (non-hydrogen) atoms. The van der Waals surface area contributed by atoms with E-state index in [9.17, 15) is 4.79 Å². The van der Waals surface area contributed by atoms with Gasteiger partial charge >= 0.3 is 6.03 Å². The molecule has 0 aromatic carbocycles. The van der Waals surface area contributed by atoms with Crippen molar-refractivity contribution in [2.45, 2.75) is 13.0 Å². The summed E-state index contributed by atoms with van der Waals surface area (Å²) in [5.74, 6) is 0.647. The van der Waals surface area contributed by atoms with Gasteiger partial charge in [0.2, 0.25) is 5.13 Å². The van der Waals surface area contributed by atoms with E-state index >= 15 is 0 Å². The van der Waals surface area contributed by atoms with Crippen LogP contribution in [0.25, 0.3) is 10.8 Å². The first-order valence-corrected chi connectivity index (χ1v) is 9.62. The first-order chi connectivity index (χ1) is 13.2. The number of aryl methyl sites for hydroxylation is 1. The van der Waals surface area contributed by atoms with Gasteiger partial charge in [-0.25, -0.2) is 4.79 Å². The normalized spacial score (nSPS) is 15.7. The monoisotopic (exact) mass is 387 g/mol. The van der Waals surface area contributed by atoms with Crippen LogP contribution in [0.1, 0.15) is 12.0 Å². The molecule has 9 nitrogen and oxygen atoms in total. The van der Waals surface area contributed by atoms with Gasteiger partial charge in [0.15, 0.2) is 10.8 Å². The highest BCUT2D eigenvalue weighted by Gasteiger charge is 2.21. The van der Waals surface area contributed by atoms with Crippen LogP contribution in [0, 0.1) is 0 Å². The number of rotatable bonds is 4. The van der Waals surface area contributed by atoms with Gasteiger partial charge in [-0.2, -0.15) is 5.10 Å². The predicted octanol–water partition coefficient (Wildman–Crippen LogP) is 2.27. The number of urea groups is 1. The fourth-order valence-electron chi connectivity index (χ4n) is 3.09. The maximum atomic E-state index is 12.6. The number of carbonyl (C=O) groups excluding carboxylic acids is 1. The van der Waals surface area contributed by atoms with E-state index in [1.54, 1.807) is 12.3 Å². The number of anilines is 1. The Morgan fingerprint density at radius 3 is 3.00 bits per heavy atom. The average molecular weight is 387 g/mol. The van der Waals surface area contributed by atoms with Crippen LogP contribution < -0.4 is 5.32 Å². The van der Waals surface area contributed by atoms with Crippen molar-refractivity contribution in [2.75, 3.05) is 31.5 Å². The van der Waals surface area contributed by atoms with Crippen molar-refractivity contribution in [3.05, 3.63) is 36.4 Å². The lowest BCUT2D eigenvalue weighted by Crippen LogP contribution is -2.38. The van der Waals surface area contributed by atoms with E-state index in [1.807, 2.05) is 35.1 Å². The smallest absolute Gasteiger partial charge is 0.323 e. The summed E-state index contributed by atoms with van der Waals surface area (Å²) in [6, 6.07) is 3.47. The first kappa shape index (κ1) is 17.7. The number of hydrogen-bond donors (Lipinski definition) is 1. The lowest BCUT2D eigenvalue weighted by atomic mass is 10.3. The molecule has 0 radical (unpaired) electrons. The summed E-state index contributed by atoms with van der Waals surface area (Å²) in [4.78, 5) is 16.8. The summed E-state index contributed by atoms with van der Waals surface area (Å²) in [6.45, 7) is 4.04. The number of amides is 2. The number of hydrogen-bond acceptors (Lipinski definition) is 7. The van der Waals surface area contributed by atoms with Gasteiger partial charge in [-0.05, 0) is 18.6 Å². The third kappa shape index (κ3) is 4.34. The van der Waals surface area contributed by atoms with Gasteiger partial charge in [-0.3, -0.25) is 14.9 Å². The SMILES string of the molecule is Cn1cc(CN2CCCN(C(=O)Nc3nnc(-c4ccco4)s3)CC2)cn1. The van der Waals surface area contributed by atoms with Gasteiger partial charge < -0.3 is 9.32 Å². The third-order valence-electron chi connectivity index (χ3n) is 4.41. The molecule has 3 aromatic heterocycles. The van der Waals surface area contributed by atoms with Crippen molar-refractivity contribution < 1.29 is 9.21 Å². The zero-order valence-electron chi connectivity index (χ0n) is 15.0. The Morgan fingerprint density at radius 2 is 2.22 bits per heavy atom. The lowest BCUT2D eigenvalue weighted by Gasteiger charge is -2.21. The molecule has 1 fully saturated rings. The van der Waals surface area contributed by atoms with Crippen molar-refractivity contribution in [2.24, 2.45) is 7.05 Å². The first-order valence-electron chi connectivity index (χ1n) is 8.80. The molecule has 0 spiro atoms. The highest BCUT2D eigenvalue weighted by Crippen LogP contribution is 2.26. The molecule has 3 aromatic rings. The molecule has 1 aliphatic rings. The molecule has 1 saturated heterocycles. The van der Waals surface area contributed by atoms with Crippen molar-refractivity contribution >= 4 is 22.5 Å². The number of nitrogens with one attached hydrogen (secondary N) is 1. The highest BCUT2D eigenvalue weighted by molar-refractivity contribution is 7.18. The van der Waals surface area contributed by atoms with Gasteiger partial charge in [-0.1, -0.05) is 11.3 Å². The fourth-order valence-corrected chi connectivity index (χ4v) is 3.79. The van der Waals surface area contributed by atoms with Crippen molar-refractivity contribution in [1.29, 1.82) is 0 Å². The average Bonchev–Trinajstić information content (AvgIpc) is 3.37. The number of furan rings is 1. The Balaban J connectivity index is 1.31. The van der Waals surface area contributed by atoms with Crippen LogP contribution in [0.3, 0.4) is 0 Å². The molecule has 10 heteroatoms. The summed E-state index contributed by atoms with van der Waals surface area (Å²) >= 11 is 1.30. The molecule has 1 N–H and O–H groups in total. The van der Waals surface area contributed by atoms with E-state index in [1.165, 1.54) is 16.9 Å². The summed E-state index contributed by atoms with van der Waals surface area (Å²) in [5, 5.41) is 16.3. The minimum absolute atomic E-state index is 0.139. The Bertz CT molecular complexity index is 889. The second-order valence-corrected chi connectivity index (χ2v) is 7.44. The Kier molecular flexibility index (Phi) is 5.16. The Morgan fingerprint density at radius 1 is 1.30 bits per heavy atom. The molecule has 4 rings (SSSR count). The van der Waals surface area contributed by atoms with Crippen molar-refractivity contribution in [3.63, 3.8) is 0 Å². The number of aromatic nitrogens is 4. The van der Waals surface area contributed by atoms with Crippen molar-refractivity contribution in [3.8, 4) is 10.8 Å². The molecule has 142 valence electrons. The molecule has 0 unspecified atom stereocenters. The van der Waals surface area contributed by atoms with E-state index in [0.29, 0.717) is 22.4 Å². The molecular formula is C17H21N7O2S. The second-order valence-electron chi connectivity index (χ2n) is 6.46. The molecule has 0 saturated carbocycles. The standard InChI is InChI=1S/C17H21N7O2S/c1-22-11-13(10-18-22)12-23-5-3-6-24(8-7-23)17(25)19-16-21-20-15(27-16)14-4-2-9-26-14/h2,4,9-11H,3,5-8,12H2,1H3,(H,19,21,25). The number of carbonyl (C=O) groups is 1. The molecule has 0 atom stereocenters. The summed E-state index contributed by atoms with van der Waals surface area (Å²) in [7, 11) is 1.92. The van der Waals surface area contributed by atoms with Crippen LogP contribution in [0.5, 0.6) is 0 Å². The van der Waals surface area contributed by atoms with Crippen LogP contribution in [0.4, 0.5) is 9.93 Å². The van der Waals surface area contributed by atoms with Gasteiger partial charge in [-0.15, -0.1) is 10.2 Å². The maximum Gasteiger partial charge on any atom is 0.323 e. The quantitative estimate of drug-likeness (QED) is 0.738. The van der Waals surface area contributed by atoms with Crippen LogP contribution in [0.2, 0.25) is 0 Å². The topological polar surface area (TPSA) is 92.3 Å². The molecule has 0 bridgehead atoms. The van der Waals surface area contributed by atoms with Gasteiger partial charge in [0.05, 0.1) is 12.5 Å². The van der Waals surface area contributed by atoms with E-state index in [-0.39, 0.29) is 6.03 Å². The van der Waals surface area contributed by atoms with Crippen molar-refractivity contribution in [1.82, 2.24) is 29.8 Å². The van der Waals surface area contributed by atoms with E-state index in [0.717, 1.165) is 32.6 Å². The van der Waals surface area contributed by atoms with Crippen LogP contribution in [-0.4, -0.2) is 62.0 Å². The number of nitrogens with zero attached hydrogens (tertiary/aromatic N) is 6. The van der Waals surface area contributed by atoms with Gasteiger partial charge in [0, 0.05) is 51.5 Å². The fraction of sp³-hybridized carbons (Fsp3) is 0.412. The largest absolute Gasteiger partial charge is 0.462 e. The lowest BCUT2D eigenvalue weighted by molar-refractivity contribution is 0.211. The Labute approximate surface area is 160 Å². The zero-order valence-corrected chi connectivity index (χ0v) is 15.9. The van der Waals surface area contributed by atoms with E-state index < -0.39 is 0 Å². The zero-order chi connectivity index (χ0) is 18.6. The Hall–Kier alpha value is -2.72. The van der Waals surface area contributed by atoms with Crippen LogP contribution in [-0.2, 0) is 13.6 Å². The highest BCUT2D eigenvalue weighted by atomic mass is 32.1. The van der Waals surface area contributed by atoms with Crippen LogP contribution in [0.15, 0.2) is 35.2 Å². The molecule has 0 aliphatic carbocycles. The third-order valence-corrected chi connectivity index (χ3v) is 5.26. The second kappa shape index (κ2) is 7.89. The summed E-state index contributed by atoms with van der Waals surface area (Å²) in [5.41, 5.74) is 1.19. The minimum Gasteiger partial charge on any atom is -0.462 e. The van der Waals surface area contributed by atoms with Gasteiger partial charge in [0.1, 0.15) is 0 Å². The van der Waals surface area contributed by atoms with E-state index in [2.05, 4.69) is 25.5 Å². The molecule has 1 aliphatic heterocycles. The maximum absolute atomic E-state index is 12.6. The van der Waals surface area contributed by atoms with Crippen LogP contribution >= 0.6 is 11.3 Å². The molecular weight excluding hydrogens is 366 g/mol. The van der Waals surface area contributed by atoms with E-state index in [4.69, 9.17) is 4.42 Å².